The van der Waals surface area contributed by atoms with Gasteiger partial charge in [-0.3, -0.25) is 4.98 Å². The molecule has 0 spiro atoms. The molecule has 0 aromatic carbocycles. The first kappa shape index (κ1) is 10.2. The number of hydrogen-bond donors (Lipinski definition) is 2. The summed E-state index contributed by atoms with van der Waals surface area (Å²) in [5, 5.41) is 3.38. The molecule has 0 bridgehead atoms. The molecule has 0 amide bonds. The van der Waals surface area contributed by atoms with Crippen LogP contribution in [-0.2, 0) is 0 Å². The summed E-state index contributed by atoms with van der Waals surface area (Å²) in [5.74, 6) is 1.26. The number of nitrogens with one attached hydrogen (secondary N) is 1. The Bertz CT molecular complexity index is 348. The molecule has 1 saturated carbocycles. The van der Waals surface area contributed by atoms with E-state index >= 15 is 0 Å². The third kappa shape index (κ3) is 2.58. The quantitative estimate of drug-likeness (QED) is 0.777. The first-order valence-electron chi connectivity index (χ1n) is 5.39. The van der Waals surface area contributed by atoms with E-state index in [0.717, 1.165) is 5.82 Å². The normalized spacial score (nSPS) is 24.0. The third-order valence-corrected chi connectivity index (χ3v) is 2.97. The molecule has 82 valence electrons. The Kier molecular flexibility index (Phi) is 2.50. The molecule has 0 aliphatic heterocycles. The van der Waals surface area contributed by atoms with Gasteiger partial charge in [-0.15, -0.1) is 0 Å². The van der Waals surface area contributed by atoms with Crippen LogP contribution in [0.1, 0.15) is 33.1 Å². The number of rotatable bonds is 2. The Morgan fingerprint density at radius 3 is 2.87 bits per heavy atom. The molecule has 1 aromatic heterocycles. The van der Waals surface area contributed by atoms with Crippen LogP contribution in [0, 0.1) is 5.41 Å². The van der Waals surface area contributed by atoms with Crippen molar-refractivity contribution in [2.45, 2.75) is 39.2 Å². The Morgan fingerprint density at radius 2 is 2.27 bits per heavy atom. The van der Waals surface area contributed by atoms with E-state index < -0.39 is 0 Å². The van der Waals surface area contributed by atoms with E-state index in [1.54, 1.807) is 12.4 Å². The summed E-state index contributed by atoms with van der Waals surface area (Å²) >= 11 is 0. The lowest BCUT2D eigenvalue weighted by molar-refractivity contribution is 0.378. The zero-order valence-corrected chi connectivity index (χ0v) is 9.33. The molecule has 1 heterocycles. The van der Waals surface area contributed by atoms with E-state index in [1.807, 2.05) is 0 Å². The van der Waals surface area contributed by atoms with Crippen molar-refractivity contribution in [1.82, 2.24) is 9.97 Å². The maximum absolute atomic E-state index is 5.57. The fourth-order valence-corrected chi connectivity index (χ4v) is 2.22. The molecule has 1 aliphatic carbocycles. The van der Waals surface area contributed by atoms with Gasteiger partial charge in [0.25, 0.3) is 0 Å². The van der Waals surface area contributed by atoms with Gasteiger partial charge < -0.3 is 11.1 Å². The standard InChI is InChI=1S/C11H18N4/c1-11(2)4-3-8(5-11)14-10-7-13-6-9(12)15-10/h6-8H,3-5H2,1-2H3,(H3,12,14,15). The maximum atomic E-state index is 5.57. The second-order valence-electron chi connectivity index (χ2n) is 5.08. The van der Waals surface area contributed by atoms with Gasteiger partial charge in [-0.05, 0) is 24.7 Å². The van der Waals surface area contributed by atoms with Gasteiger partial charge in [-0.1, -0.05) is 13.8 Å². The third-order valence-electron chi connectivity index (χ3n) is 2.97. The monoisotopic (exact) mass is 206 g/mol. The van der Waals surface area contributed by atoms with Crippen LogP contribution in [0.25, 0.3) is 0 Å². The van der Waals surface area contributed by atoms with Gasteiger partial charge >= 0.3 is 0 Å². The lowest BCUT2D eigenvalue weighted by Crippen LogP contribution is -2.18. The predicted molar refractivity (Wildman–Crippen MR) is 61.5 cm³/mol. The van der Waals surface area contributed by atoms with Gasteiger partial charge in [-0.25, -0.2) is 4.98 Å². The van der Waals surface area contributed by atoms with Gasteiger partial charge in [0.15, 0.2) is 0 Å². The van der Waals surface area contributed by atoms with Crippen molar-refractivity contribution in [2.75, 3.05) is 11.1 Å². The van der Waals surface area contributed by atoms with Crippen LogP contribution in [0.2, 0.25) is 0 Å². The Balaban J connectivity index is 1.99. The average Bonchev–Trinajstić information content (AvgIpc) is 2.45. The molecule has 1 atom stereocenters. The second kappa shape index (κ2) is 3.68. The number of nitrogens with two attached hydrogens (primary N) is 1. The smallest absolute Gasteiger partial charge is 0.147 e. The zero-order valence-electron chi connectivity index (χ0n) is 9.33. The Morgan fingerprint density at radius 1 is 1.47 bits per heavy atom. The van der Waals surface area contributed by atoms with E-state index in [9.17, 15) is 0 Å². The molecule has 0 saturated heterocycles. The predicted octanol–water partition coefficient (Wildman–Crippen LogP) is 2.05. The van der Waals surface area contributed by atoms with Gasteiger partial charge in [0, 0.05) is 6.04 Å². The topological polar surface area (TPSA) is 63.8 Å². The summed E-state index contributed by atoms with van der Waals surface area (Å²) in [7, 11) is 0. The summed E-state index contributed by atoms with van der Waals surface area (Å²) in [6.45, 7) is 4.61. The van der Waals surface area contributed by atoms with Crippen molar-refractivity contribution in [1.29, 1.82) is 0 Å². The molecule has 0 radical (unpaired) electrons. The summed E-state index contributed by atoms with van der Waals surface area (Å²) in [5.41, 5.74) is 6.02. The maximum Gasteiger partial charge on any atom is 0.147 e. The largest absolute Gasteiger partial charge is 0.382 e. The molecule has 4 nitrogen and oxygen atoms in total. The number of hydrogen-bond acceptors (Lipinski definition) is 4. The highest BCUT2D eigenvalue weighted by Gasteiger charge is 2.30. The van der Waals surface area contributed by atoms with E-state index in [1.165, 1.54) is 19.3 Å². The summed E-state index contributed by atoms with van der Waals surface area (Å²) in [6.07, 6.45) is 6.93. The summed E-state index contributed by atoms with van der Waals surface area (Å²) in [6, 6.07) is 0.510. The van der Waals surface area contributed by atoms with Gasteiger partial charge in [0.2, 0.25) is 0 Å². The first-order valence-corrected chi connectivity index (χ1v) is 5.39. The SMILES string of the molecule is CC1(C)CCC(Nc2cncc(N)n2)C1. The molecular formula is C11H18N4. The van der Waals surface area contributed by atoms with Crippen molar-refractivity contribution in [3.05, 3.63) is 12.4 Å². The molecule has 15 heavy (non-hydrogen) atoms. The van der Waals surface area contributed by atoms with Gasteiger partial charge in [-0.2, -0.15) is 0 Å². The van der Waals surface area contributed by atoms with Crippen LogP contribution in [0.15, 0.2) is 12.4 Å². The molecule has 4 heteroatoms. The van der Waals surface area contributed by atoms with E-state index in [0.29, 0.717) is 17.3 Å². The zero-order chi connectivity index (χ0) is 10.9. The highest BCUT2D eigenvalue weighted by atomic mass is 15.1. The van der Waals surface area contributed by atoms with Crippen molar-refractivity contribution in [3.8, 4) is 0 Å². The van der Waals surface area contributed by atoms with Crippen molar-refractivity contribution < 1.29 is 0 Å². The average molecular weight is 206 g/mol. The fraction of sp³-hybridized carbons (Fsp3) is 0.636. The Labute approximate surface area is 90.3 Å². The lowest BCUT2D eigenvalue weighted by atomic mass is 9.92. The molecule has 2 rings (SSSR count). The first-order chi connectivity index (χ1) is 7.05. The molecule has 3 N–H and O–H groups in total. The minimum atomic E-state index is 0.450. The van der Waals surface area contributed by atoms with Crippen LogP contribution < -0.4 is 11.1 Å². The minimum absolute atomic E-state index is 0.450. The van der Waals surface area contributed by atoms with E-state index in [4.69, 9.17) is 5.73 Å². The molecule has 1 aliphatic rings. The molecule has 1 fully saturated rings. The number of nitrogens with zero attached hydrogens (tertiary/aromatic N) is 2. The number of anilines is 2. The fourth-order valence-electron chi connectivity index (χ4n) is 2.22. The van der Waals surface area contributed by atoms with Crippen LogP contribution in [-0.4, -0.2) is 16.0 Å². The van der Waals surface area contributed by atoms with Crippen molar-refractivity contribution in [2.24, 2.45) is 5.41 Å². The van der Waals surface area contributed by atoms with E-state index in [-0.39, 0.29) is 0 Å². The van der Waals surface area contributed by atoms with Crippen LogP contribution >= 0.6 is 0 Å². The Hall–Kier alpha value is -1.32. The van der Waals surface area contributed by atoms with Crippen molar-refractivity contribution >= 4 is 11.6 Å². The van der Waals surface area contributed by atoms with Crippen LogP contribution in [0.3, 0.4) is 0 Å². The molecular weight excluding hydrogens is 188 g/mol. The summed E-state index contributed by atoms with van der Waals surface area (Å²) in [4.78, 5) is 8.20. The molecule has 1 aromatic rings. The minimum Gasteiger partial charge on any atom is -0.382 e. The van der Waals surface area contributed by atoms with Gasteiger partial charge in [0.05, 0.1) is 12.4 Å². The lowest BCUT2D eigenvalue weighted by Gasteiger charge is -2.18. The van der Waals surface area contributed by atoms with Crippen molar-refractivity contribution in [3.63, 3.8) is 0 Å². The number of aromatic nitrogens is 2. The summed E-state index contributed by atoms with van der Waals surface area (Å²) < 4.78 is 0. The van der Waals surface area contributed by atoms with Crippen LogP contribution in [0.4, 0.5) is 11.6 Å². The second-order valence-corrected chi connectivity index (χ2v) is 5.08. The van der Waals surface area contributed by atoms with Crippen LogP contribution in [0.5, 0.6) is 0 Å². The van der Waals surface area contributed by atoms with E-state index in [2.05, 4.69) is 29.1 Å². The molecule has 1 unspecified atom stereocenters. The highest BCUT2D eigenvalue weighted by Crippen LogP contribution is 2.37. The van der Waals surface area contributed by atoms with Gasteiger partial charge in [0.1, 0.15) is 11.6 Å². The highest BCUT2D eigenvalue weighted by molar-refractivity contribution is 5.39. The number of nitrogen functional groups attached to an aromatic ring is 1.